The second-order valence-corrected chi connectivity index (χ2v) is 3.38. The molecule has 0 aliphatic rings. The number of nitrogens with zero attached hydrogens (tertiary/aromatic N) is 3. The molecule has 0 saturated heterocycles. The Morgan fingerprint density at radius 1 is 1.33 bits per heavy atom. The highest BCUT2D eigenvalue weighted by molar-refractivity contribution is 5.89. The molecule has 92 valence electrons. The van der Waals surface area contributed by atoms with Gasteiger partial charge < -0.3 is 9.72 Å². The molecule has 0 atom stereocenters. The Morgan fingerprint density at radius 2 is 2.11 bits per heavy atom. The number of ether oxygens (including phenoxy) is 1. The number of carbonyl (C=O) groups is 1. The third-order valence-electron chi connectivity index (χ3n) is 2.12. The summed E-state index contributed by atoms with van der Waals surface area (Å²) in [7, 11) is 0. The van der Waals surface area contributed by atoms with Crippen LogP contribution in [0.25, 0.3) is 0 Å². The van der Waals surface area contributed by atoms with Crippen molar-refractivity contribution < 1.29 is 9.53 Å². The van der Waals surface area contributed by atoms with Crippen molar-refractivity contribution in [2.75, 3.05) is 6.61 Å². The van der Waals surface area contributed by atoms with Crippen LogP contribution in [0.15, 0.2) is 46.9 Å². The van der Waals surface area contributed by atoms with Gasteiger partial charge in [-0.2, -0.15) is 0 Å². The van der Waals surface area contributed by atoms with Crippen molar-refractivity contribution in [2.24, 2.45) is 10.2 Å². The summed E-state index contributed by atoms with van der Waals surface area (Å²) in [5.74, 6) is 0.0940. The zero-order chi connectivity index (χ0) is 12.8. The second-order valence-electron chi connectivity index (χ2n) is 3.38. The summed E-state index contributed by atoms with van der Waals surface area (Å²) in [6, 6.07) is 6.68. The molecule has 1 aromatic carbocycles. The van der Waals surface area contributed by atoms with Crippen molar-refractivity contribution in [1.29, 1.82) is 0 Å². The molecule has 2 rings (SSSR count). The fourth-order valence-electron chi connectivity index (χ4n) is 1.30. The van der Waals surface area contributed by atoms with Gasteiger partial charge in [-0.05, 0) is 31.2 Å². The minimum absolute atomic E-state index is 0.341. The first-order valence-corrected chi connectivity index (χ1v) is 5.48. The molecule has 0 radical (unpaired) electrons. The lowest BCUT2D eigenvalue weighted by Gasteiger charge is -2.00. The highest BCUT2D eigenvalue weighted by Gasteiger charge is 2.05. The highest BCUT2D eigenvalue weighted by atomic mass is 16.5. The monoisotopic (exact) mass is 244 g/mol. The van der Waals surface area contributed by atoms with E-state index in [1.165, 1.54) is 0 Å². The van der Waals surface area contributed by atoms with Crippen molar-refractivity contribution in [3.05, 3.63) is 42.2 Å². The molecule has 0 saturated carbocycles. The molecule has 1 heterocycles. The molecule has 0 amide bonds. The zero-order valence-corrected chi connectivity index (χ0v) is 9.83. The summed E-state index contributed by atoms with van der Waals surface area (Å²) in [4.78, 5) is 18.1. The van der Waals surface area contributed by atoms with E-state index in [-0.39, 0.29) is 5.97 Å². The Hall–Kier alpha value is -2.50. The van der Waals surface area contributed by atoms with Gasteiger partial charge in [0.15, 0.2) is 0 Å². The number of hydrogen-bond donors (Lipinski definition) is 1. The largest absolute Gasteiger partial charge is 0.462 e. The van der Waals surface area contributed by atoms with Gasteiger partial charge in [-0.3, -0.25) is 0 Å². The molecule has 0 spiro atoms. The van der Waals surface area contributed by atoms with Crippen molar-refractivity contribution >= 4 is 17.6 Å². The maximum atomic E-state index is 11.4. The van der Waals surface area contributed by atoms with Crippen molar-refractivity contribution in [1.82, 2.24) is 9.97 Å². The first-order chi connectivity index (χ1) is 8.79. The van der Waals surface area contributed by atoms with Crippen LogP contribution in [0.2, 0.25) is 0 Å². The van der Waals surface area contributed by atoms with E-state index in [1.54, 1.807) is 43.6 Å². The summed E-state index contributed by atoms with van der Waals surface area (Å²) in [6.07, 6.45) is 3.26. The molecule has 2 aromatic rings. The van der Waals surface area contributed by atoms with Crippen LogP contribution in [0.5, 0.6) is 0 Å². The lowest BCUT2D eigenvalue weighted by molar-refractivity contribution is 0.0526. The molecule has 0 aliphatic heterocycles. The van der Waals surface area contributed by atoms with E-state index in [2.05, 4.69) is 20.2 Å². The molecule has 0 aliphatic carbocycles. The summed E-state index contributed by atoms with van der Waals surface area (Å²) in [5, 5.41) is 7.86. The second kappa shape index (κ2) is 5.72. The standard InChI is InChI=1S/C12H12N4O2/c1-2-18-11(17)9-3-5-10(6-4-9)15-16-12-13-7-8-14-12/h3-8H,2H2,1H3,(H,13,14). The third kappa shape index (κ3) is 3.00. The lowest BCUT2D eigenvalue weighted by atomic mass is 10.2. The fourth-order valence-corrected chi connectivity index (χ4v) is 1.30. The molecule has 0 bridgehead atoms. The number of rotatable bonds is 4. The van der Waals surface area contributed by atoms with Gasteiger partial charge in [0.25, 0.3) is 0 Å². The summed E-state index contributed by atoms with van der Waals surface area (Å²) >= 11 is 0. The first kappa shape index (κ1) is 12.0. The molecule has 0 unspecified atom stereocenters. The summed E-state index contributed by atoms with van der Waals surface area (Å²) in [6.45, 7) is 2.13. The fraction of sp³-hybridized carbons (Fsp3) is 0.167. The van der Waals surface area contributed by atoms with Gasteiger partial charge >= 0.3 is 5.97 Å². The van der Waals surface area contributed by atoms with E-state index in [0.29, 0.717) is 23.8 Å². The molecule has 18 heavy (non-hydrogen) atoms. The van der Waals surface area contributed by atoms with E-state index < -0.39 is 0 Å². The number of esters is 1. The van der Waals surface area contributed by atoms with Gasteiger partial charge in [-0.15, -0.1) is 10.2 Å². The SMILES string of the molecule is CCOC(=O)c1ccc(N=Nc2ncc[nH]2)cc1. The van der Waals surface area contributed by atoms with Gasteiger partial charge in [0.1, 0.15) is 0 Å². The minimum atomic E-state index is -0.341. The zero-order valence-electron chi connectivity index (χ0n) is 9.83. The number of hydrogen-bond acceptors (Lipinski definition) is 5. The Bertz CT molecular complexity index is 532. The van der Waals surface area contributed by atoms with Gasteiger partial charge in [0, 0.05) is 12.4 Å². The predicted octanol–water partition coefficient (Wildman–Crippen LogP) is 3.00. The summed E-state index contributed by atoms with van der Waals surface area (Å²) in [5.41, 5.74) is 1.13. The van der Waals surface area contributed by atoms with Crippen LogP contribution in [-0.4, -0.2) is 22.5 Å². The van der Waals surface area contributed by atoms with E-state index in [9.17, 15) is 4.79 Å². The highest BCUT2D eigenvalue weighted by Crippen LogP contribution is 2.16. The molecule has 0 fully saturated rings. The Balaban J connectivity index is 2.06. The maximum absolute atomic E-state index is 11.4. The molecular weight excluding hydrogens is 232 g/mol. The van der Waals surface area contributed by atoms with Crippen molar-refractivity contribution in [3.63, 3.8) is 0 Å². The van der Waals surface area contributed by atoms with E-state index in [1.807, 2.05) is 0 Å². The first-order valence-electron chi connectivity index (χ1n) is 5.48. The van der Waals surface area contributed by atoms with E-state index in [0.717, 1.165) is 0 Å². The number of imidazole rings is 1. The van der Waals surface area contributed by atoms with Crippen LogP contribution in [0.3, 0.4) is 0 Å². The van der Waals surface area contributed by atoms with Gasteiger partial charge in [-0.25, -0.2) is 9.78 Å². The normalized spacial score (nSPS) is 10.7. The smallest absolute Gasteiger partial charge is 0.338 e. The van der Waals surface area contributed by atoms with E-state index in [4.69, 9.17) is 4.74 Å². The number of benzene rings is 1. The lowest BCUT2D eigenvalue weighted by Crippen LogP contribution is -2.03. The number of nitrogens with one attached hydrogen (secondary N) is 1. The average Bonchev–Trinajstić information content (AvgIpc) is 2.90. The quantitative estimate of drug-likeness (QED) is 0.663. The van der Waals surface area contributed by atoms with Crippen molar-refractivity contribution in [3.8, 4) is 0 Å². The number of aromatic nitrogens is 2. The van der Waals surface area contributed by atoms with Gasteiger partial charge in [-0.1, -0.05) is 0 Å². The number of carbonyl (C=O) groups excluding carboxylic acids is 1. The van der Waals surface area contributed by atoms with Crippen LogP contribution in [0, 0.1) is 0 Å². The number of azo groups is 1. The average molecular weight is 244 g/mol. The molecule has 1 N–H and O–H groups in total. The van der Waals surface area contributed by atoms with Crippen LogP contribution >= 0.6 is 0 Å². The summed E-state index contributed by atoms with van der Waals surface area (Å²) < 4.78 is 4.88. The Kier molecular flexibility index (Phi) is 3.80. The Morgan fingerprint density at radius 3 is 2.72 bits per heavy atom. The van der Waals surface area contributed by atoms with Crippen molar-refractivity contribution in [2.45, 2.75) is 6.92 Å². The predicted molar refractivity (Wildman–Crippen MR) is 65.2 cm³/mol. The van der Waals surface area contributed by atoms with Crippen LogP contribution < -0.4 is 0 Å². The van der Waals surface area contributed by atoms with E-state index >= 15 is 0 Å². The number of H-pyrrole nitrogens is 1. The maximum Gasteiger partial charge on any atom is 0.338 e. The molecule has 1 aromatic heterocycles. The Labute approximate surface area is 104 Å². The third-order valence-corrected chi connectivity index (χ3v) is 2.12. The minimum Gasteiger partial charge on any atom is -0.462 e. The van der Waals surface area contributed by atoms with Gasteiger partial charge in [0.05, 0.1) is 17.9 Å². The van der Waals surface area contributed by atoms with Gasteiger partial charge in [0.2, 0.25) is 5.95 Å². The number of aromatic amines is 1. The molecule has 6 nitrogen and oxygen atoms in total. The molecule has 6 heteroatoms. The van der Waals surface area contributed by atoms with Crippen LogP contribution in [0.1, 0.15) is 17.3 Å². The molecular formula is C12H12N4O2. The van der Waals surface area contributed by atoms with Crippen LogP contribution in [-0.2, 0) is 4.74 Å². The van der Waals surface area contributed by atoms with Crippen LogP contribution in [0.4, 0.5) is 11.6 Å². The topological polar surface area (TPSA) is 79.7 Å².